The molecule has 1 aromatic rings. The van der Waals surface area contributed by atoms with Crippen LogP contribution < -0.4 is 5.32 Å². The van der Waals surface area contributed by atoms with Crippen molar-refractivity contribution >= 4 is 15.9 Å². The molecule has 1 aromatic carbocycles. The van der Waals surface area contributed by atoms with Gasteiger partial charge in [0.1, 0.15) is 0 Å². The first-order valence-electron chi connectivity index (χ1n) is 8.19. The number of nitrogens with one attached hydrogen (secondary N) is 1. The van der Waals surface area contributed by atoms with Crippen LogP contribution in [0.5, 0.6) is 0 Å². The van der Waals surface area contributed by atoms with Crippen molar-refractivity contribution in [1.29, 1.82) is 0 Å². The van der Waals surface area contributed by atoms with Crippen molar-refractivity contribution in [3.8, 4) is 0 Å². The molecule has 2 rings (SSSR count). The van der Waals surface area contributed by atoms with Gasteiger partial charge in [0.05, 0.1) is 4.90 Å². The van der Waals surface area contributed by atoms with Crippen LogP contribution in [0.1, 0.15) is 56.8 Å². The molecule has 1 fully saturated rings. The van der Waals surface area contributed by atoms with Crippen LogP contribution >= 0.6 is 0 Å². The van der Waals surface area contributed by atoms with Crippen LogP contribution in [0.15, 0.2) is 29.2 Å². The van der Waals surface area contributed by atoms with Gasteiger partial charge in [0, 0.05) is 24.2 Å². The van der Waals surface area contributed by atoms with Gasteiger partial charge in [0.15, 0.2) is 0 Å². The van der Waals surface area contributed by atoms with Crippen molar-refractivity contribution in [1.82, 2.24) is 9.62 Å². The Bertz CT molecular complexity index is 645. The van der Waals surface area contributed by atoms with Crippen LogP contribution in [0.25, 0.3) is 0 Å². The minimum Gasteiger partial charge on any atom is -0.347 e. The first-order chi connectivity index (χ1) is 10.8. The van der Waals surface area contributed by atoms with Gasteiger partial charge in [-0.25, -0.2) is 8.42 Å². The summed E-state index contributed by atoms with van der Waals surface area (Å²) in [7, 11) is -3.44. The second kappa shape index (κ2) is 7.01. The van der Waals surface area contributed by atoms with Gasteiger partial charge in [-0.2, -0.15) is 4.31 Å². The zero-order chi connectivity index (χ0) is 17.1. The lowest BCUT2D eigenvalue weighted by molar-refractivity contribution is 0.0911. The van der Waals surface area contributed by atoms with Crippen LogP contribution in [0.4, 0.5) is 0 Å². The Hall–Kier alpha value is -1.40. The Morgan fingerprint density at radius 2 is 1.70 bits per heavy atom. The van der Waals surface area contributed by atoms with E-state index in [2.05, 4.69) is 5.32 Å². The average molecular weight is 338 g/mol. The van der Waals surface area contributed by atoms with E-state index in [1.165, 1.54) is 16.4 Å². The van der Waals surface area contributed by atoms with Crippen LogP contribution in [-0.2, 0) is 10.0 Å². The molecule has 1 saturated heterocycles. The number of hydrogen-bond acceptors (Lipinski definition) is 3. The summed E-state index contributed by atoms with van der Waals surface area (Å²) in [5.41, 5.74) is 0.194. The highest BCUT2D eigenvalue weighted by molar-refractivity contribution is 7.89. The molecule has 1 N–H and O–H groups in total. The van der Waals surface area contributed by atoms with Crippen LogP contribution in [-0.4, -0.2) is 37.3 Å². The molecule has 0 radical (unpaired) electrons. The highest BCUT2D eigenvalue weighted by atomic mass is 32.2. The summed E-state index contributed by atoms with van der Waals surface area (Å²) in [5, 5.41) is 2.95. The maximum absolute atomic E-state index is 12.6. The van der Waals surface area contributed by atoms with Crippen molar-refractivity contribution in [3.05, 3.63) is 29.8 Å². The number of piperidine rings is 1. The molecule has 0 saturated carbocycles. The summed E-state index contributed by atoms with van der Waals surface area (Å²) in [6.45, 7) is 7.08. The Morgan fingerprint density at radius 3 is 2.22 bits per heavy atom. The van der Waals surface area contributed by atoms with E-state index in [4.69, 9.17) is 0 Å². The second-order valence-corrected chi connectivity index (χ2v) is 8.62. The number of nitrogens with zero attached hydrogens (tertiary/aromatic N) is 1. The molecule has 6 heteroatoms. The number of carbonyl (C=O) groups is 1. The number of benzene rings is 1. The molecule has 0 atom stereocenters. The summed E-state index contributed by atoms with van der Waals surface area (Å²) in [5.74, 6) is -0.182. The molecule has 128 valence electrons. The summed E-state index contributed by atoms with van der Waals surface area (Å²) in [4.78, 5) is 12.5. The maximum atomic E-state index is 12.6. The van der Waals surface area contributed by atoms with Gasteiger partial charge in [-0.15, -0.1) is 0 Å². The van der Waals surface area contributed by atoms with Gasteiger partial charge >= 0.3 is 0 Å². The molecule has 1 amide bonds. The number of hydrogen-bond donors (Lipinski definition) is 1. The van der Waals surface area contributed by atoms with Crippen molar-refractivity contribution in [2.24, 2.45) is 0 Å². The van der Waals surface area contributed by atoms with Gasteiger partial charge in [-0.1, -0.05) is 13.3 Å². The van der Waals surface area contributed by atoms with E-state index in [0.29, 0.717) is 18.7 Å². The lowest BCUT2D eigenvalue weighted by Gasteiger charge is -2.26. The first-order valence-corrected chi connectivity index (χ1v) is 9.63. The fraction of sp³-hybridized carbons (Fsp3) is 0.588. The van der Waals surface area contributed by atoms with Gasteiger partial charge < -0.3 is 5.32 Å². The third-order valence-corrected chi connectivity index (χ3v) is 6.32. The molecule has 0 aliphatic carbocycles. The van der Waals surface area contributed by atoms with E-state index < -0.39 is 10.0 Å². The topological polar surface area (TPSA) is 66.5 Å². The fourth-order valence-corrected chi connectivity index (χ4v) is 4.02. The highest BCUT2D eigenvalue weighted by Gasteiger charge is 2.26. The number of sulfonamides is 1. The number of carbonyl (C=O) groups excluding carboxylic acids is 1. The van der Waals surface area contributed by atoms with Crippen LogP contribution in [0.2, 0.25) is 0 Å². The highest BCUT2D eigenvalue weighted by Crippen LogP contribution is 2.21. The Morgan fingerprint density at radius 1 is 1.13 bits per heavy atom. The zero-order valence-electron chi connectivity index (χ0n) is 14.1. The Kier molecular flexibility index (Phi) is 5.47. The molecule has 0 aromatic heterocycles. The second-order valence-electron chi connectivity index (χ2n) is 6.68. The van der Waals surface area contributed by atoms with E-state index >= 15 is 0 Å². The molecule has 1 aliphatic heterocycles. The molecule has 0 bridgehead atoms. The largest absolute Gasteiger partial charge is 0.347 e. The van der Waals surface area contributed by atoms with Gasteiger partial charge in [0.25, 0.3) is 5.91 Å². The quantitative estimate of drug-likeness (QED) is 0.898. The average Bonchev–Trinajstić information content (AvgIpc) is 2.55. The molecule has 1 aliphatic rings. The zero-order valence-corrected chi connectivity index (χ0v) is 14.9. The molecular formula is C17H26N2O3S. The third kappa shape index (κ3) is 4.32. The van der Waals surface area contributed by atoms with Crippen molar-refractivity contribution < 1.29 is 13.2 Å². The van der Waals surface area contributed by atoms with E-state index in [0.717, 1.165) is 25.7 Å². The molecular weight excluding hydrogens is 312 g/mol. The van der Waals surface area contributed by atoms with Crippen LogP contribution in [0.3, 0.4) is 0 Å². The smallest absolute Gasteiger partial charge is 0.251 e. The molecule has 5 nitrogen and oxygen atoms in total. The normalized spacial score (nSPS) is 17.0. The lowest BCUT2D eigenvalue weighted by atomic mass is 10.0. The molecule has 23 heavy (non-hydrogen) atoms. The predicted molar refractivity (Wildman–Crippen MR) is 90.9 cm³/mol. The molecule has 0 unspecified atom stereocenters. The fourth-order valence-electron chi connectivity index (χ4n) is 2.50. The Balaban J connectivity index is 2.14. The molecule has 1 heterocycles. The van der Waals surface area contributed by atoms with E-state index in [1.807, 2.05) is 20.8 Å². The van der Waals surface area contributed by atoms with Gasteiger partial charge in [0.2, 0.25) is 10.0 Å². The van der Waals surface area contributed by atoms with E-state index in [9.17, 15) is 13.2 Å². The van der Waals surface area contributed by atoms with Gasteiger partial charge in [-0.05, 0) is 57.4 Å². The van der Waals surface area contributed by atoms with Crippen molar-refractivity contribution in [2.45, 2.75) is 56.9 Å². The SMILES string of the molecule is CCC(C)(C)NC(=O)c1ccc(S(=O)(=O)N2CCCCC2)cc1. The Labute approximate surface area is 139 Å². The molecule has 0 spiro atoms. The monoisotopic (exact) mass is 338 g/mol. The van der Waals surface area contributed by atoms with Gasteiger partial charge in [-0.3, -0.25) is 4.79 Å². The number of rotatable bonds is 5. The third-order valence-electron chi connectivity index (χ3n) is 4.41. The predicted octanol–water partition coefficient (Wildman–Crippen LogP) is 2.78. The summed E-state index contributed by atoms with van der Waals surface area (Å²) in [6, 6.07) is 6.21. The standard InChI is InChI=1S/C17H26N2O3S/c1-4-17(2,3)18-16(20)14-8-10-15(11-9-14)23(21,22)19-12-6-5-7-13-19/h8-11H,4-7,12-13H2,1-3H3,(H,18,20). The maximum Gasteiger partial charge on any atom is 0.251 e. The number of amides is 1. The van der Waals surface area contributed by atoms with E-state index in [1.54, 1.807) is 12.1 Å². The first kappa shape index (κ1) is 17.9. The van der Waals surface area contributed by atoms with Crippen molar-refractivity contribution in [2.75, 3.05) is 13.1 Å². The minimum atomic E-state index is -3.44. The lowest BCUT2D eigenvalue weighted by Crippen LogP contribution is -2.42. The minimum absolute atomic E-state index is 0.182. The summed E-state index contributed by atoms with van der Waals surface area (Å²) < 4.78 is 26.7. The van der Waals surface area contributed by atoms with E-state index in [-0.39, 0.29) is 16.3 Å². The van der Waals surface area contributed by atoms with Crippen LogP contribution in [0, 0.1) is 0 Å². The summed E-state index contributed by atoms with van der Waals surface area (Å²) in [6.07, 6.45) is 3.72. The van der Waals surface area contributed by atoms with Crippen molar-refractivity contribution in [3.63, 3.8) is 0 Å². The summed E-state index contributed by atoms with van der Waals surface area (Å²) >= 11 is 0.